The number of halogens is 1. The number of hydrogen-bond acceptors (Lipinski definition) is 3. The van der Waals surface area contributed by atoms with Crippen molar-refractivity contribution in [2.24, 2.45) is 0 Å². The molecule has 18 heavy (non-hydrogen) atoms. The molecule has 0 bridgehead atoms. The van der Waals surface area contributed by atoms with Crippen molar-refractivity contribution < 1.29 is 18.0 Å². The third kappa shape index (κ3) is 3.34. The molecule has 0 saturated heterocycles. The maximum absolute atomic E-state index is 13.4. The van der Waals surface area contributed by atoms with Crippen molar-refractivity contribution in [3.8, 4) is 11.5 Å². The van der Waals surface area contributed by atoms with Crippen LogP contribution in [0.5, 0.6) is 11.5 Å². The summed E-state index contributed by atoms with van der Waals surface area (Å²) in [5.41, 5.74) is 0. The molecular formula is C13H12FO3P. The van der Waals surface area contributed by atoms with E-state index in [1.54, 1.807) is 30.3 Å². The highest BCUT2D eigenvalue weighted by Crippen LogP contribution is 2.45. The van der Waals surface area contributed by atoms with Crippen molar-refractivity contribution in [3.05, 3.63) is 60.4 Å². The first-order chi connectivity index (χ1) is 8.57. The average molecular weight is 266 g/mol. The topological polar surface area (TPSA) is 35.5 Å². The molecule has 94 valence electrons. The number of para-hydroxylation sites is 2. The summed E-state index contributed by atoms with van der Waals surface area (Å²) in [6.45, 7) is 1.30. The highest BCUT2D eigenvalue weighted by atomic mass is 31.2. The Balaban J connectivity index is 2.13. The van der Waals surface area contributed by atoms with Crippen molar-refractivity contribution in [2.45, 2.75) is 0 Å². The van der Waals surface area contributed by atoms with Gasteiger partial charge in [0.25, 0.3) is 0 Å². The fourth-order valence-electron chi connectivity index (χ4n) is 1.39. The Labute approximate surface area is 105 Å². The van der Waals surface area contributed by atoms with Gasteiger partial charge < -0.3 is 9.05 Å². The molecule has 2 rings (SSSR count). The van der Waals surface area contributed by atoms with Gasteiger partial charge in [0.15, 0.2) is 11.6 Å². The summed E-state index contributed by atoms with van der Waals surface area (Å²) in [4.78, 5) is 0. The van der Waals surface area contributed by atoms with Crippen molar-refractivity contribution in [1.82, 2.24) is 0 Å². The van der Waals surface area contributed by atoms with Crippen LogP contribution in [-0.4, -0.2) is 6.66 Å². The van der Waals surface area contributed by atoms with E-state index in [0.717, 1.165) is 0 Å². The first-order valence-electron chi connectivity index (χ1n) is 5.33. The maximum Gasteiger partial charge on any atom is 0.427 e. The van der Waals surface area contributed by atoms with E-state index in [2.05, 4.69) is 0 Å². The summed E-state index contributed by atoms with van der Waals surface area (Å²) in [6, 6.07) is 14.4. The minimum atomic E-state index is -3.40. The van der Waals surface area contributed by atoms with Crippen LogP contribution in [0.1, 0.15) is 0 Å². The monoisotopic (exact) mass is 266 g/mol. The zero-order valence-corrected chi connectivity index (χ0v) is 10.6. The molecule has 0 radical (unpaired) electrons. The van der Waals surface area contributed by atoms with Gasteiger partial charge in [-0.1, -0.05) is 30.3 Å². The number of hydrogen-bond donors (Lipinski definition) is 0. The lowest BCUT2D eigenvalue weighted by Gasteiger charge is -2.16. The molecule has 0 heterocycles. The number of benzene rings is 2. The van der Waals surface area contributed by atoms with Gasteiger partial charge in [-0.2, -0.15) is 0 Å². The molecule has 0 spiro atoms. The van der Waals surface area contributed by atoms with Crippen LogP contribution in [0.3, 0.4) is 0 Å². The van der Waals surface area contributed by atoms with E-state index in [4.69, 9.17) is 9.05 Å². The summed E-state index contributed by atoms with van der Waals surface area (Å²) in [5.74, 6) is -0.241. The lowest BCUT2D eigenvalue weighted by atomic mass is 10.3. The summed E-state index contributed by atoms with van der Waals surface area (Å²) in [6.07, 6.45) is 0. The lowest BCUT2D eigenvalue weighted by Crippen LogP contribution is -2.00. The standard InChI is InChI=1S/C13H12FO3P/c1-18(15,16-11-7-3-2-4-8-11)17-13-10-6-5-9-12(13)14/h2-10H,1H3. The second-order valence-corrected chi connectivity index (χ2v) is 5.61. The van der Waals surface area contributed by atoms with Gasteiger partial charge in [0.05, 0.1) is 6.66 Å². The molecule has 0 aliphatic carbocycles. The van der Waals surface area contributed by atoms with E-state index in [1.807, 2.05) is 6.07 Å². The van der Waals surface area contributed by atoms with Gasteiger partial charge in [0.1, 0.15) is 5.75 Å². The van der Waals surface area contributed by atoms with Crippen LogP contribution in [0.2, 0.25) is 0 Å². The SMILES string of the molecule is CP(=O)(Oc1ccccc1)Oc1ccccc1F. The van der Waals surface area contributed by atoms with Gasteiger partial charge in [-0.3, -0.25) is 0 Å². The third-order valence-corrected chi connectivity index (χ3v) is 3.19. The Kier molecular flexibility index (Phi) is 3.68. The Morgan fingerprint density at radius 3 is 2.22 bits per heavy atom. The highest BCUT2D eigenvalue weighted by molar-refractivity contribution is 7.53. The van der Waals surface area contributed by atoms with Crippen molar-refractivity contribution in [1.29, 1.82) is 0 Å². The molecule has 0 fully saturated rings. The number of rotatable bonds is 4. The summed E-state index contributed by atoms with van der Waals surface area (Å²) >= 11 is 0. The van der Waals surface area contributed by atoms with E-state index < -0.39 is 13.4 Å². The summed E-state index contributed by atoms with van der Waals surface area (Å²) in [5, 5.41) is 0. The molecule has 5 heteroatoms. The molecule has 0 saturated carbocycles. The summed E-state index contributed by atoms with van der Waals surface area (Å²) < 4.78 is 35.8. The molecule has 1 unspecified atom stereocenters. The smallest absolute Gasteiger partial charge is 0.416 e. The second-order valence-electron chi connectivity index (χ2n) is 3.70. The zero-order valence-electron chi connectivity index (χ0n) is 9.75. The molecule has 2 aromatic rings. The Morgan fingerprint density at radius 1 is 0.944 bits per heavy atom. The van der Waals surface area contributed by atoms with Crippen LogP contribution in [0, 0.1) is 5.82 Å². The van der Waals surface area contributed by atoms with Gasteiger partial charge in [-0.25, -0.2) is 8.96 Å². The Morgan fingerprint density at radius 2 is 1.56 bits per heavy atom. The molecule has 1 atom stereocenters. The van der Waals surface area contributed by atoms with Gasteiger partial charge in [-0.05, 0) is 24.3 Å². The molecular weight excluding hydrogens is 254 g/mol. The van der Waals surface area contributed by atoms with E-state index >= 15 is 0 Å². The van der Waals surface area contributed by atoms with Gasteiger partial charge >= 0.3 is 7.60 Å². The Hall–Kier alpha value is -1.80. The van der Waals surface area contributed by atoms with Crippen LogP contribution in [-0.2, 0) is 4.57 Å². The van der Waals surface area contributed by atoms with Crippen LogP contribution >= 0.6 is 7.60 Å². The minimum absolute atomic E-state index is 0.0840. The normalized spacial score (nSPS) is 13.7. The zero-order chi connectivity index (χ0) is 13.0. The maximum atomic E-state index is 13.4. The Bertz CT molecular complexity index is 571. The molecule has 0 aliphatic rings. The predicted molar refractivity (Wildman–Crippen MR) is 67.6 cm³/mol. The van der Waals surface area contributed by atoms with Crippen molar-refractivity contribution >= 4 is 7.60 Å². The van der Waals surface area contributed by atoms with Crippen LogP contribution in [0.15, 0.2) is 54.6 Å². The molecule has 0 N–H and O–H groups in total. The van der Waals surface area contributed by atoms with Gasteiger partial charge in [0, 0.05) is 0 Å². The molecule has 3 nitrogen and oxygen atoms in total. The molecule has 2 aromatic carbocycles. The first kappa shape index (κ1) is 12.7. The van der Waals surface area contributed by atoms with Gasteiger partial charge in [-0.15, -0.1) is 0 Å². The lowest BCUT2D eigenvalue weighted by molar-refractivity contribution is 0.383. The van der Waals surface area contributed by atoms with E-state index in [9.17, 15) is 8.96 Å². The van der Waals surface area contributed by atoms with Crippen LogP contribution in [0.25, 0.3) is 0 Å². The molecule has 0 aliphatic heterocycles. The minimum Gasteiger partial charge on any atom is -0.416 e. The average Bonchev–Trinajstić information content (AvgIpc) is 2.32. The van der Waals surface area contributed by atoms with Gasteiger partial charge in [0.2, 0.25) is 0 Å². The fraction of sp³-hybridized carbons (Fsp3) is 0.0769. The second kappa shape index (κ2) is 5.23. The first-order valence-corrected chi connectivity index (χ1v) is 7.32. The van der Waals surface area contributed by atoms with Crippen molar-refractivity contribution in [3.63, 3.8) is 0 Å². The predicted octanol–water partition coefficient (Wildman–Crippen LogP) is 4.11. The van der Waals surface area contributed by atoms with Crippen LogP contribution < -0.4 is 9.05 Å². The molecule has 0 aromatic heterocycles. The summed E-state index contributed by atoms with van der Waals surface area (Å²) in [7, 11) is -3.40. The highest BCUT2D eigenvalue weighted by Gasteiger charge is 2.21. The van der Waals surface area contributed by atoms with E-state index in [-0.39, 0.29) is 5.75 Å². The quantitative estimate of drug-likeness (QED) is 0.781. The van der Waals surface area contributed by atoms with Crippen molar-refractivity contribution in [2.75, 3.05) is 6.66 Å². The molecule has 0 amide bonds. The largest absolute Gasteiger partial charge is 0.427 e. The third-order valence-electron chi connectivity index (χ3n) is 2.12. The van der Waals surface area contributed by atoms with E-state index in [1.165, 1.54) is 24.9 Å². The van der Waals surface area contributed by atoms with E-state index in [0.29, 0.717) is 5.75 Å². The van der Waals surface area contributed by atoms with Crippen LogP contribution in [0.4, 0.5) is 4.39 Å². The fourth-order valence-corrected chi connectivity index (χ4v) is 2.44.